The van der Waals surface area contributed by atoms with Gasteiger partial charge in [-0.15, -0.1) is 11.6 Å². The monoisotopic (exact) mass is 329 g/mol. The molecule has 0 aromatic rings. The van der Waals surface area contributed by atoms with Gasteiger partial charge in [0, 0.05) is 6.61 Å². The molecule has 112 valence electrons. The number of nitrogens with one attached hydrogen (secondary N) is 1. The van der Waals surface area contributed by atoms with Gasteiger partial charge in [-0.2, -0.15) is 0 Å². The van der Waals surface area contributed by atoms with Crippen LogP contribution in [0.4, 0.5) is 0 Å². The highest BCUT2D eigenvalue weighted by Gasteiger charge is 2.36. The van der Waals surface area contributed by atoms with Gasteiger partial charge in [0.2, 0.25) is 0 Å². The zero-order valence-corrected chi connectivity index (χ0v) is 13.1. The van der Waals surface area contributed by atoms with E-state index in [0.29, 0.717) is 6.61 Å². The molecule has 1 rings (SSSR count). The number of hydrogen-bond donors (Lipinski definition) is 2. The van der Waals surface area contributed by atoms with E-state index in [4.69, 9.17) is 33.7 Å². The lowest BCUT2D eigenvalue weighted by molar-refractivity contribution is 0.266. The predicted molar refractivity (Wildman–Crippen MR) is 79.3 cm³/mol. The molecule has 0 unspecified atom stereocenters. The molecule has 0 spiro atoms. The van der Waals surface area contributed by atoms with Gasteiger partial charge in [-0.05, 0) is 31.5 Å². The minimum absolute atomic E-state index is 0.00116. The Morgan fingerprint density at radius 3 is 2.58 bits per heavy atom. The Bertz CT molecular complexity index is 388. The molecule has 1 aliphatic rings. The average molecular weight is 330 g/mol. The van der Waals surface area contributed by atoms with Gasteiger partial charge < -0.3 is 15.2 Å². The highest BCUT2D eigenvalue weighted by atomic mass is 35.5. The van der Waals surface area contributed by atoms with Crippen LogP contribution in [0.5, 0.6) is 0 Å². The summed E-state index contributed by atoms with van der Waals surface area (Å²) in [4.78, 5) is 0. The van der Waals surface area contributed by atoms with E-state index in [1.165, 1.54) is 0 Å². The minimum Gasteiger partial charge on any atom is -0.471 e. The van der Waals surface area contributed by atoms with Gasteiger partial charge >= 0.3 is 0 Å². The van der Waals surface area contributed by atoms with Crippen molar-refractivity contribution in [2.24, 2.45) is 0 Å². The van der Waals surface area contributed by atoms with Crippen molar-refractivity contribution in [2.75, 3.05) is 24.7 Å². The largest absolute Gasteiger partial charge is 0.471 e. The maximum atomic E-state index is 11.4. The van der Waals surface area contributed by atoms with Gasteiger partial charge in [0.05, 0.1) is 29.5 Å². The lowest BCUT2D eigenvalue weighted by Crippen LogP contribution is -2.40. The Balaban J connectivity index is 2.14. The van der Waals surface area contributed by atoms with Crippen LogP contribution in [-0.4, -0.2) is 54.8 Å². The van der Waals surface area contributed by atoms with E-state index in [1.807, 2.05) is 0 Å². The Kier molecular flexibility index (Phi) is 7.35. The van der Waals surface area contributed by atoms with Crippen LogP contribution in [0.1, 0.15) is 25.7 Å². The van der Waals surface area contributed by atoms with Crippen LogP contribution in [0.2, 0.25) is 0 Å². The summed E-state index contributed by atoms with van der Waals surface area (Å²) in [5.74, 6) is -0.0167. The summed E-state index contributed by atoms with van der Waals surface area (Å²) in [5.41, 5.74) is 0. The molecule has 0 radical (unpaired) electrons. The third-order valence-electron chi connectivity index (χ3n) is 2.87. The molecule has 1 fully saturated rings. The third kappa shape index (κ3) is 6.74. The van der Waals surface area contributed by atoms with E-state index in [2.05, 4.69) is 5.32 Å². The van der Waals surface area contributed by atoms with Crippen molar-refractivity contribution in [3.8, 4) is 0 Å². The number of alkyl halides is 1. The molecule has 0 bridgehead atoms. The Morgan fingerprint density at radius 2 is 2.00 bits per heavy atom. The fraction of sp³-hybridized carbons (Fsp3) is 0.909. The molecule has 19 heavy (non-hydrogen) atoms. The van der Waals surface area contributed by atoms with Crippen molar-refractivity contribution in [3.63, 3.8) is 0 Å². The first-order valence-corrected chi connectivity index (χ1v) is 9.00. The summed E-state index contributed by atoms with van der Waals surface area (Å²) in [6, 6.07) is -0.367. The summed E-state index contributed by atoms with van der Waals surface area (Å²) >= 11 is 10.9. The number of halogens is 1. The van der Waals surface area contributed by atoms with Crippen molar-refractivity contribution < 1.29 is 18.3 Å². The average Bonchev–Trinajstić information content (AvgIpc) is 2.56. The van der Waals surface area contributed by atoms with E-state index < -0.39 is 15.2 Å². The summed E-state index contributed by atoms with van der Waals surface area (Å²) in [6.07, 6.45) is 3.59. The van der Waals surface area contributed by atoms with E-state index in [-0.39, 0.29) is 29.3 Å². The van der Waals surface area contributed by atoms with Crippen LogP contribution in [-0.2, 0) is 14.6 Å². The lowest BCUT2D eigenvalue weighted by atomic mass is 10.2. The molecular formula is C11H20ClNO4S2. The number of aliphatic hydroxyl groups is 1. The van der Waals surface area contributed by atoms with Gasteiger partial charge in [-0.3, -0.25) is 0 Å². The fourth-order valence-electron chi connectivity index (χ4n) is 1.86. The predicted octanol–water partition coefficient (Wildman–Crippen LogP) is 0.835. The fourth-order valence-corrected chi connectivity index (χ4v) is 4.65. The van der Waals surface area contributed by atoms with E-state index >= 15 is 0 Å². The van der Waals surface area contributed by atoms with E-state index in [9.17, 15) is 8.42 Å². The maximum absolute atomic E-state index is 11.4. The Morgan fingerprint density at radius 1 is 1.32 bits per heavy atom. The molecular weight excluding hydrogens is 310 g/mol. The molecule has 1 aliphatic heterocycles. The van der Waals surface area contributed by atoms with Crippen LogP contribution >= 0.6 is 23.8 Å². The summed E-state index contributed by atoms with van der Waals surface area (Å²) in [6.45, 7) is 0.706. The molecule has 8 heteroatoms. The molecule has 2 atom stereocenters. The molecule has 0 saturated carbocycles. The van der Waals surface area contributed by atoms with Crippen LogP contribution in [0, 0.1) is 0 Å². The molecule has 1 heterocycles. The second-order valence-electron chi connectivity index (χ2n) is 4.62. The number of ether oxygens (including phenoxy) is 1. The first-order valence-electron chi connectivity index (χ1n) is 6.33. The zero-order valence-electron chi connectivity index (χ0n) is 10.7. The molecule has 1 saturated heterocycles. The number of rotatable bonds is 7. The van der Waals surface area contributed by atoms with Gasteiger partial charge in [0.15, 0.2) is 9.84 Å². The maximum Gasteiger partial charge on any atom is 0.256 e. The number of hydrogen-bond acceptors (Lipinski definition) is 5. The third-order valence-corrected chi connectivity index (χ3v) is 5.48. The molecule has 0 aromatic carbocycles. The minimum atomic E-state index is -3.06. The Labute approximate surface area is 124 Å². The van der Waals surface area contributed by atoms with Crippen LogP contribution < -0.4 is 5.32 Å². The number of thiocarbonyl (C=S) groups is 1. The topological polar surface area (TPSA) is 75.6 Å². The van der Waals surface area contributed by atoms with Gasteiger partial charge in [-0.25, -0.2) is 8.42 Å². The molecule has 0 aliphatic carbocycles. The Hall–Kier alpha value is -0.110. The van der Waals surface area contributed by atoms with Crippen molar-refractivity contribution in [2.45, 2.75) is 37.1 Å². The molecule has 2 N–H and O–H groups in total. The normalized spacial score (nSPS) is 25.2. The second-order valence-corrected chi connectivity index (χ2v) is 7.70. The first kappa shape index (κ1) is 16.9. The molecule has 0 aromatic heterocycles. The lowest BCUT2D eigenvalue weighted by Gasteiger charge is -2.16. The van der Waals surface area contributed by atoms with Gasteiger partial charge in [0.25, 0.3) is 5.17 Å². The highest BCUT2D eigenvalue weighted by Crippen LogP contribution is 2.18. The van der Waals surface area contributed by atoms with Crippen molar-refractivity contribution in [1.82, 2.24) is 5.32 Å². The highest BCUT2D eigenvalue weighted by molar-refractivity contribution is 7.91. The zero-order chi connectivity index (χ0) is 14.3. The van der Waals surface area contributed by atoms with Crippen LogP contribution in [0.15, 0.2) is 0 Å². The van der Waals surface area contributed by atoms with Crippen LogP contribution in [0.25, 0.3) is 0 Å². The quantitative estimate of drug-likeness (QED) is 0.409. The van der Waals surface area contributed by atoms with Crippen molar-refractivity contribution in [3.05, 3.63) is 0 Å². The molecule has 0 amide bonds. The first-order chi connectivity index (χ1) is 8.94. The van der Waals surface area contributed by atoms with Crippen molar-refractivity contribution in [1.29, 1.82) is 0 Å². The molecule has 5 nitrogen and oxygen atoms in total. The number of sulfone groups is 1. The summed E-state index contributed by atoms with van der Waals surface area (Å²) in [5, 5.41) is 11.2. The smallest absolute Gasteiger partial charge is 0.256 e. The van der Waals surface area contributed by atoms with Gasteiger partial charge in [0.1, 0.15) is 0 Å². The standard InChI is InChI=1S/C11H20ClNO4S2/c12-9-7-19(15,16)8-10(9)13-11(18)17-6-4-2-1-3-5-14/h9-10,14H,1-8H2,(H,13,18)/t9-,10-/m1/s1. The summed E-state index contributed by atoms with van der Waals surface area (Å²) < 4.78 is 28.0. The summed E-state index contributed by atoms with van der Waals surface area (Å²) in [7, 11) is -3.06. The number of unbranched alkanes of at least 4 members (excludes halogenated alkanes) is 3. The SMILES string of the molecule is O=S1(=O)C[C@@H](Cl)[C@H](NC(=S)OCCCCCCO)C1. The van der Waals surface area contributed by atoms with Crippen LogP contribution in [0.3, 0.4) is 0 Å². The second kappa shape index (κ2) is 8.24. The van der Waals surface area contributed by atoms with Gasteiger partial charge in [-0.1, -0.05) is 6.42 Å². The van der Waals surface area contributed by atoms with E-state index in [1.54, 1.807) is 0 Å². The van der Waals surface area contributed by atoms with E-state index in [0.717, 1.165) is 25.7 Å². The number of aliphatic hydroxyl groups excluding tert-OH is 1. The van der Waals surface area contributed by atoms with Crippen molar-refractivity contribution >= 4 is 38.8 Å².